The van der Waals surface area contributed by atoms with Gasteiger partial charge in [0.1, 0.15) is 5.82 Å². The SMILES string of the molecule is CCNC(=NCC(C)C)NCCCn1c(C)nc2ccccc21.I. The lowest BCUT2D eigenvalue weighted by molar-refractivity contribution is 0.619. The molecule has 0 saturated carbocycles. The quantitative estimate of drug-likeness (QED) is 0.298. The van der Waals surface area contributed by atoms with Gasteiger partial charge in [-0.25, -0.2) is 4.98 Å². The van der Waals surface area contributed by atoms with Crippen LogP contribution in [0.25, 0.3) is 11.0 Å². The molecule has 24 heavy (non-hydrogen) atoms. The number of hydrogen-bond donors (Lipinski definition) is 2. The molecule has 0 bridgehead atoms. The van der Waals surface area contributed by atoms with Crippen LogP contribution in [0.15, 0.2) is 29.3 Å². The largest absolute Gasteiger partial charge is 0.357 e. The number of rotatable bonds is 7. The fourth-order valence-corrected chi connectivity index (χ4v) is 2.54. The predicted octanol–water partition coefficient (Wildman–Crippen LogP) is 3.56. The number of fused-ring (bicyclic) bond motifs is 1. The van der Waals surface area contributed by atoms with E-state index in [0.717, 1.165) is 49.9 Å². The van der Waals surface area contributed by atoms with E-state index in [1.807, 2.05) is 6.07 Å². The minimum Gasteiger partial charge on any atom is -0.357 e. The molecule has 2 rings (SSSR count). The van der Waals surface area contributed by atoms with Crippen molar-refractivity contribution in [3.05, 3.63) is 30.1 Å². The zero-order valence-corrected chi connectivity index (χ0v) is 17.5. The molecule has 0 amide bonds. The lowest BCUT2D eigenvalue weighted by Gasteiger charge is -2.13. The van der Waals surface area contributed by atoms with Gasteiger partial charge in [-0.1, -0.05) is 26.0 Å². The van der Waals surface area contributed by atoms with Crippen molar-refractivity contribution in [3.63, 3.8) is 0 Å². The van der Waals surface area contributed by atoms with Crippen LogP contribution in [0.3, 0.4) is 0 Å². The van der Waals surface area contributed by atoms with E-state index in [4.69, 9.17) is 0 Å². The summed E-state index contributed by atoms with van der Waals surface area (Å²) in [4.78, 5) is 9.20. The summed E-state index contributed by atoms with van der Waals surface area (Å²) < 4.78 is 2.29. The van der Waals surface area contributed by atoms with Crippen molar-refractivity contribution in [2.75, 3.05) is 19.6 Å². The molecule has 134 valence electrons. The van der Waals surface area contributed by atoms with Gasteiger partial charge in [0.25, 0.3) is 0 Å². The standard InChI is InChI=1S/C18H29N5.HI/c1-5-19-18(21-13-14(2)3)20-11-8-12-23-15(4)22-16-9-6-7-10-17(16)23;/h6-7,9-10,14H,5,8,11-13H2,1-4H3,(H2,19,20,21);1H. The average molecular weight is 443 g/mol. The Morgan fingerprint density at radius 1 is 1.25 bits per heavy atom. The first kappa shape index (κ1) is 20.7. The molecular weight excluding hydrogens is 413 g/mol. The second-order valence-corrected chi connectivity index (χ2v) is 6.19. The average Bonchev–Trinajstić information content (AvgIpc) is 2.84. The molecule has 0 unspecified atom stereocenters. The van der Waals surface area contributed by atoms with Crippen LogP contribution in [-0.2, 0) is 6.54 Å². The van der Waals surface area contributed by atoms with Crippen molar-refractivity contribution in [1.29, 1.82) is 0 Å². The van der Waals surface area contributed by atoms with Crippen LogP contribution in [0, 0.1) is 12.8 Å². The minimum absolute atomic E-state index is 0. The lowest BCUT2D eigenvalue weighted by atomic mass is 10.2. The normalized spacial score (nSPS) is 11.6. The Bertz CT molecular complexity index is 648. The Labute approximate surface area is 162 Å². The van der Waals surface area contributed by atoms with Gasteiger partial charge in [0.05, 0.1) is 11.0 Å². The number of aliphatic imine (C=N–C) groups is 1. The van der Waals surface area contributed by atoms with Gasteiger partial charge in [0, 0.05) is 26.2 Å². The molecule has 0 aliphatic rings. The van der Waals surface area contributed by atoms with Crippen molar-refractivity contribution in [2.24, 2.45) is 10.9 Å². The highest BCUT2D eigenvalue weighted by Crippen LogP contribution is 2.15. The summed E-state index contributed by atoms with van der Waals surface area (Å²) in [5, 5.41) is 6.70. The smallest absolute Gasteiger partial charge is 0.191 e. The Kier molecular flexibility index (Phi) is 9.10. The zero-order chi connectivity index (χ0) is 16.7. The van der Waals surface area contributed by atoms with Crippen molar-refractivity contribution in [1.82, 2.24) is 20.2 Å². The van der Waals surface area contributed by atoms with Crippen LogP contribution < -0.4 is 10.6 Å². The van der Waals surface area contributed by atoms with E-state index in [2.05, 4.69) is 71.1 Å². The Balaban J connectivity index is 0.00000288. The predicted molar refractivity (Wildman–Crippen MR) is 113 cm³/mol. The maximum Gasteiger partial charge on any atom is 0.191 e. The maximum absolute atomic E-state index is 4.61. The zero-order valence-electron chi connectivity index (χ0n) is 15.2. The van der Waals surface area contributed by atoms with Gasteiger partial charge in [0.2, 0.25) is 0 Å². The number of guanidine groups is 1. The molecule has 0 aliphatic carbocycles. The Hall–Kier alpha value is -1.31. The van der Waals surface area contributed by atoms with Gasteiger partial charge < -0.3 is 15.2 Å². The second kappa shape index (κ2) is 10.5. The molecule has 0 spiro atoms. The first-order valence-corrected chi connectivity index (χ1v) is 8.56. The van der Waals surface area contributed by atoms with Gasteiger partial charge in [-0.05, 0) is 38.3 Å². The number of aromatic nitrogens is 2. The highest BCUT2D eigenvalue weighted by Gasteiger charge is 2.06. The van der Waals surface area contributed by atoms with Crippen LogP contribution in [0.4, 0.5) is 0 Å². The highest BCUT2D eigenvalue weighted by atomic mass is 127. The van der Waals surface area contributed by atoms with Gasteiger partial charge in [-0.3, -0.25) is 4.99 Å². The minimum atomic E-state index is 0. The van der Waals surface area contributed by atoms with Crippen LogP contribution in [0.1, 0.15) is 33.0 Å². The summed E-state index contributed by atoms with van der Waals surface area (Å²) in [6.45, 7) is 12.1. The van der Waals surface area contributed by atoms with Crippen LogP contribution >= 0.6 is 24.0 Å². The number of halogens is 1. The number of benzene rings is 1. The van der Waals surface area contributed by atoms with E-state index >= 15 is 0 Å². The molecule has 1 heterocycles. The third kappa shape index (κ3) is 5.96. The summed E-state index contributed by atoms with van der Waals surface area (Å²) >= 11 is 0. The van der Waals surface area contributed by atoms with E-state index < -0.39 is 0 Å². The summed E-state index contributed by atoms with van der Waals surface area (Å²) in [5.41, 5.74) is 2.29. The number of nitrogens with one attached hydrogen (secondary N) is 2. The monoisotopic (exact) mass is 443 g/mol. The van der Waals surface area contributed by atoms with Crippen molar-refractivity contribution in [3.8, 4) is 0 Å². The van der Waals surface area contributed by atoms with Gasteiger partial charge in [0.15, 0.2) is 5.96 Å². The molecule has 0 aliphatic heterocycles. The third-order valence-electron chi connectivity index (χ3n) is 3.66. The Morgan fingerprint density at radius 3 is 2.71 bits per heavy atom. The van der Waals surface area contributed by atoms with E-state index in [9.17, 15) is 0 Å². The van der Waals surface area contributed by atoms with Crippen LogP contribution in [0.2, 0.25) is 0 Å². The van der Waals surface area contributed by atoms with Crippen LogP contribution in [0.5, 0.6) is 0 Å². The number of imidazole rings is 1. The molecule has 0 radical (unpaired) electrons. The first-order valence-electron chi connectivity index (χ1n) is 8.56. The second-order valence-electron chi connectivity index (χ2n) is 6.19. The molecule has 0 saturated heterocycles. The van der Waals surface area contributed by atoms with Crippen molar-refractivity contribution in [2.45, 2.75) is 40.7 Å². The number of nitrogens with zero attached hydrogens (tertiary/aromatic N) is 3. The topological polar surface area (TPSA) is 54.2 Å². The first-order chi connectivity index (χ1) is 11.1. The molecule has 1 aromatic carbocycles. The summed E-state index contributed by atoms with van der Waals surface area (Å²) in [6.07, 6.45) is 1.04. The third-order valence-corrected chi connectivity index (χ3v) is 3.66. The number of hydrogen-bond acceptors (Lipinski definition) is 2. The highest BCUT2D eigenvalue weighted by molar-refractivity contribution is 14.0. The molecular formula is C18H30IN5. The van der Waals surface area contributed by atoms with E-state index in [0.29, 0.717) is 5.92 Å². The molecule has 2 aromatic rings. The van der Waals surface area contributed by atoms with Crippen LogP contribution in [-0.4, -0.2) is 35.1 Å². The van der Waals surface area contributed by atoms with Crippen molar-refractivity contribution >= 4 is 41.0 Å². The van der Waals surface area contributed by atoms with Gasteiger partial charge in [-0.2, -0.15) is 0 Å². The molecule has 0 atom stereocenters. The Morgan fingerprint density at radius 2 is 2.00 bits per heavy atom. The van der Waals surface area contributed by atoms with E-state index in [-0.39, 0.29) is 24.0 Å². The fraction of sp³-hybridized carbons (Fsp3) is 0.556. The summed E-state index contributed by atoms with van der Waals surface area (Å²) in [5.74, 6) is 2.56. The summed E-state index contributed by atoms with van der Waals surface area (Å²) in [7, 11) is 0. The fourth-order valence-electron chi connectivity index (χ4n) is 2.54. The van der Waals surface area contributed by atoms with Gasteiger partial charge >= 0.3 is 0 Å². The lowest BCUT2D eigenvalue weighted by Crippen LogP contribution is -2.38. The van der Waals surface area contributed by atoms with Gasteiger partial charge in [-0.15, -0.1) is 24.0 Å². The molecule has 2 N–H and O–H groups in total. The maximum atomic E-state index is 4.61. The van der Waals surface area contributed by atoms with Crippen molar-refractivity contribution < 1.29 is 0 Å². The van der Waals surface area contributed by atoms with E-state index in [1.54, 1.807) is 0 Å². The summed E-state index contributed by atoms with van der Waals surface area (Å²) in [6, 6.07) is 8.31. The molecule has 0 fully saturated rings. The number of aryl methyl sites for hydroxylation is 2. The van der Waals surface area contributed by atoms with E-state index in [1.165, 1.54) is 5.52 Å². The number of para-hydroxylation sites is 2. The molecule has 1 aromatic heterocycles. The molecule has 6 heteroatoms. The molecule has 5 nitrogen and oxygen atoms in total.